The Kier molecular flexibility index (Phi) is 2.25. The molecule has 0 aromatic carbocycles. The highest BCUT2D eigenvalue weighted by Crippen LogP contribution is 2.57. The van der Waals surface area contributed by atoms with Gasteiger partial charge in [0, 0.05) is 12.1 Å². The van der Waals surface area contributed by atoms with Crippen LogP contribution in [0.1, 0.15) is 38.5 Å². The van der Waals surface area contributed by atoms with Gasteiger partial charge in [0.2, 0.25) is 0 Å². The van der Waals surface area contributed by atoms with E-state index in [0.717, 1.165) is 5.41 Å². The SMILES string of the molecule is O=C(CP)C1CCC2(CC1)CC2. The summed E-state index contributed by atoms with van der Waals surface area (Å²) in [5, 5.41) is 0. The first-order chi connectivity index (χ1) is 5.76. The van der Waals surface area contributed by atoms with Gasteiger partial charge in [0.15, 0.2) is 0 Å². The van der Waals surface area contributed by atoms with E-state index in [-0.39, 0.29) is 0 Å². The summed E-state index contributed by atoms with van der Waals surface area (Å²) in [7, 11) is 2.55. The Morgan fingerprint density at radius 1 is 1.25 bits per heavy atom. The highest BCUT2D eigenvalue weighted by molar-refractivity contribution is 7.18. The third-order valence-corrected chi connectivity index (χ3v) is 4.06. The van der Waals surface area contributed by atoms with Crippen LogP contribution in [-0.2, 0) is 4.79 Å². The second-order valence-corrected chi connectivity index (χ2v) is 4.85. The van der Waals surface area contributed by atoms with Gasteiger partial charge in [-0.3, -0.25) is 4.79 Å². The van der Waals surface area contributed by atoms with Crippen LogP contribution in [0.5, 0.6) is 0 Å². The van der Waals surface area contributed by atoms with E-state index in [4.69, 9.17) is 0 Å². The molecule has 1 nitrogen and oxygen atoms in total. The van der Waals surface area contributed by atoms with E-state index in [9.17, 15) is 4.79 Å². The van der Waals surface area contributed by atoms with Crippen molar-refractivity contribution in [3.8, 4) is 0 Å². The van der Waals surface area contributed by atoms with Crippen LogP contribution < -0.4 is 0 Å². The molecule has 2 saturated carbocycles. The van der Waals surface area contributed by atoms with Crippen LogP contribution >= 0.6 is 9.24 Å². The molecule has 2 heteroatoms. The average Bonchev–Trinajstić information content (AvgIpc) is 2.85. The van der Waals surface area contributed by atoms with Crippen LogP contribution in [0.3, 0.4) is 0 Å². The minimum atomic E-state index is 0.411. The molecule has 0 aromatic heterocycles. The second kappa shape index (κ2) is 3.10. The lowest BCUT2D eigenvalue weighted by Gasteiger charge is -2.27. The molecule has 0 aromatic rings. The minimum Gasteiger partial charge on any atom is -0.299 e. The van der Waals surface area contributed by atoms with Crippen LogP contribution in [0.15, 0.2) is 0 Å². The number of rotatable bonds is 2. The minimum absolute atomic E-state index is 0.411. The number of hydrogen-bond acceptors (Lipinski definition) is 1. The molecule has 2 fully saturated rings. The standard InChI is InChI=1S/C10H17OP/c11-9(7-12)8-1-3-10(4-2-8)5-6-10/h8H,1-7,12H2. The number of carbonyl (C=O) groups is 1. The topological polar surface area (TPSA) is 17.1 Å². The van der Waals surface area contributed by atoms with Crippen LogP contribution in [0.2, 0.25) is 0 Å². The van der Waals surface area contributed by atoms with E-state index in [1.807, 2.05) is 0 Å². The Labute approximate surface area is 76.5 Å². The monoisotopic (exact) mass is 184 g/mol. The quantitative estimate of drug-likeness (QED) is 0.602. The number of carbonyl (C=O) groups excluding carboxylic acids is 1. The molecule has 0 aliphatic heterocycles. The van der Waals surface area contributed by atoms with Crippen molar-refractivity contribution in [3.05, 3.63) is 0 Å². The van der Waals surface area contributed by atoms with E-state index < -0.39 is 0 Å². The molecule has 1 unspecified atom stereocenters. The zero-order valence-corrected chi connectivity index (χ0v) is 8.67. The lowest BCUT2D eigenvalue weighted by atomic mass is 9.78. The highest BCUT2D eigenvalue weighted by Gasteiger charge is 2.45. The fourth-order valence-corrected chi connectivity index (χ4v) is 2.73. The van der Waals surface area contributed by atoms with Gasteiger partial charge >= 0.3 is 0 Å². The lowest BCUT2D eigenvalue weighted by molar-refractivity contribution is -0.121. The molecule has 68 valence electrons. The maximum Gasteiger partial charge on any atom is 0.139 e. The lowest BCUT2D eigenvalue weighted by Crippen LogP contribution is -2.23. The van der Waals surface area contributed by atoms with Crippen LogP contribution in [-0.4, -0.2) is 11.9 Å². The molecule has 2 aliphatic rings. The number of ketones is 1. The van der Waals surface area contributed by atoms with Gasteiger partial charge in [-0.25, -0.2) is 0 Å². The van der Waals surface area contributed by atoms with Gasteiger partial charge in [-0.15, -0.1) is 9.24 Å². The Morgan fingerprint density at radius 3 is 2.25 bits per heavy atom. The normalized spacial score (nSPS) is 27.4. The highest BCUT2D eigenvalue weighted by atomic mass is 31.0. The number of hydrogen-bond donors (Lipinski definition) is 0. The maximum atomic E-state index is 11.4. The Bertz CT molecular complexity index is 186. The molecule has 0 heterocycles. The molecule has 2 aliphatic carbocycles. The molecule has 1 spiro atoms. The number of Topliss-reactive ketones (excluding diaryl/α,β-unsaturated/α-hetero) is 1. The third-order valence-electron chi connectivity index (χ3n) is 3.66. The Balaban J connectivity index is 1.85. The summed E-state index contributed by atoms with van der Waals surface area (Å²) < 4.78 is 0. The van der Waals surface area contributed by atoms with Crippen molar-refractivity contribution in [2.45, 2.75) is 38.5 Å². The van der Waals surface area contributed by atoms with Crippen molar-refractivity contribution in [2.75, 3.05) is 6.16 Å². The van der Waals surface area contributed by atoms with Gasteiger partial charge in [0.05, 0.1) is 0 Å². The molecule has 0 amide bonds. The molecule has 1 atom stereocenters. The first-order valence-corrected chi connectivity index (χ1v) is 5.80. The van der Waals surface area contributed by atoms with Gasteiger partial charge in [0.1, 0.15) is 5.78 Å². The first kappa shape index (κ1) is 8.69. The Hall–Kier alpha value is 0.100. The molecule has 0 N–H and O–H groups in total. The summed E-state index contributed by atoms with van der Waals surface area (Å²) in [5.74, 6) is 0.879. The summed E-state index contributed by atoms with van der Waals surface area (Å²) in [6, 6.07) is 0. The Morgan fingerprint density at radius 2 is 1.83 bits per heavy atom. The fourth-order valence-electron chi connectivity index (χ4n) is 2.40. The zero-order chi connectivity index (χ0) is 8.60. The third kappa shape index (κ3) is 1.57. The molecular weight excluding hydrogens is 167 g/mol. The molecule has 2 rings (SSSR count). The summed E-state index contributed by atoms with van der Waals surface area (Å²) in [5.41, 5.74) is 0.734. The van der Waals surface area contributed by atoms with Crippen LogP contribution in [0.25, 0.3) is 0 Å². The largest absolute Gasteiger partial charge is 0.299 e. The van der Waals surface area contributed by atoms with Gasteiger partial charge in [0.25, 0.3) is 0 Å². The van der Waals surface area contributed by atoms with E-state index >= 15 is 0 Å². The predicted molar refractivity (Wildman–Crippen MR) is 53.2 cm³/mol. The van der Waals surface area contributed by atoms with Crippen LogP contribution in [0, 0.1) is 11.3 Å². The molecule has 12 heavy (non-hydrogen) atoms. The summed E-state index contributed by atoms with van der Waals surface area (Å²) >= 11 is 0. The summed E-state index contributed by atoms with van der Waals surface area (Å²) in [6.07, 6.45) is 8.55. The fraction of sp³-hybridized carbons (Fsp3) is 0.900. The van der Waals surface area contributed by atoms with E-state index in [1.165, 1.54) is 38.5 Å². The molecule has 0 bridgehead atoms. The predicted octanol–water partition coefficient (Wildman–Crippen LogP) is 2.40. The molecular formula is C10H17OP. The second-order valence-electron chi connectivity index (χ2n) is 4.44. The zero-order valence-electron chi connectivity index (χ0n) is 7.51. The average molecular weight is 184 g/mol. The summed E-state index contributed by atoms with van der Waals surface area (Å²) in [6.45, 7) is 0. The van der Waals surface area contributed by atoms with Gasteiger partial charge in [-0.2, -0.15) is 0 Å². The first-order valence-electron chi connectivity index (χ1n) is 4.99. The summed E-state index contributed by atoms with van der Waals surface area (Å²) in [4.78, 5) is 11.4. The van der Waals surface area contributed by atoms with Crippen LogP contribution in [0.4, 0.5) is 0 Å². The van der Waals surface area contributed by atoms with E-state index in [2.05, 4.69) is 9.24 Å². The van der Waals surface area contributed by atoms with Crippen molar-refractivity contribution < 1.29 is 4.79 Å². The van der Waals surface area contributed by atoms with Crippen molar-refractivity contribution in [3.63, 3.8) is 0 Å². The van der Waals surface area contributed by atoms with E-state index in [0.29, 0.717) is 17.9 Å². The van der Waals surface area contributed by atoms with E-state index in [1.54, 1.807) is 0 Å². The smallest absolute Gasteiger partial charge is 0.139 e. The maximum absolute atomic E-state index is 11.4. The van der Waals surface area contributed by atoms with Crippen molar-refractivity contribution in [2.24, 2.45) is 11.3 Å². The van der Waals surface area contributed by atoms with Gasteiger partial charge in [-0.1, -0.05) is 0 Å². The van der Waals surface area contributed by atoms with Crippen molar-refractivity contribution in [1.82, 2.24) is 0 Å². The van der Waals surface area contributed by atoms with Gasteiger partial charge < -0.3 is 0 Å². The van der Waals surface area contributed by atoms with Crippen molar-refractivity contribution >= 4 is 15.0 Å². The van der Waals surface area contributed by atoms with Crippen molar-refractivity contribution in [1.29, 1.82) is 0 Å². The van der Waals surface area contributed by atoms with Gasteiger partial charge in [-0.05, 0) is 43.9 Å². The molecule has 0 radical (unpaired) electrons. The molecule has 0 saturated heterocycles.